The van der Waals surface area contributed by atoms with Gasteiger partial charge in [0.1, 0.15) is 22.4 Å². The zero-order valence-electron chi connectivity index (χ0n) is 34.5. The maximum absolute atomic E-state index is 7.13. The lowest BCUT2D eigenvalue weighted by atomic mass is 10.0. The Hall–Kier alpha value is -7.75. The molecular formula is C57H33N3O2S2Si. The van der Waals surface area contributed by atoms with E-state index >= 15 is 0 Å². The van der Waals surface area contributed by atoms with Crippen molar-refractivity contribution in [1.82, 2.24) is 15.0 Å². The van der Waals surface area contributed by atoms with Crippen molar-refractivity contribution in [3.05, 3.63) is 201 Å². The summed E-state index contributed by atoms with van der Waals surface area (Å²) in [6.07, 6.45) is 5.85. The van der Waals surface area contributed by atoms with Gasteiger partial charge in [0, 0.05) is 82.2 Å². The monoisotopic (exact) mass is 883 g/mol. The third kappa shape index (κ3) is 5.33. The molecule has 7 heterocycles. The smallest absolute Gasteiger partial charge is 0.207 e. The van der Waals surface area contributed by atoms with Gasteiger partial charge in [0.2, 0.25) is 8.07 Å². The highest BCUT2D eigenvalue weighted by Crippen LogP contribution is 2.42. The van der Waals surface area contributed by atoms with Gasteiger partial charge in [-0.15, -0.1) is 22.7 Å². The summed E-state index contributed by atoms with van der Waals surface area (Å²) < 4.78 is 18.5. The standard InChI is InChI=1S/C57H33N3O2S2Si/c1-3-12-36(13-4-1)65(37-14-5-2-6-15-37,50-21-11-18-40-44-32-34(22-24-47(44)61-53(40)50)51-54-41(26-29-58-51)38-16-7-9-19-46(38)62-54)57-56-43(28-31-60-57)45-33-35(23-25-49(45)64-56)52-55-42(27-30-59-52)39-17-8-10-20-48(39)63-55/h1-33H. The first kappa shape index (κ1) is 36.7. The predicted molar refractivity (Wildman–Crippen MR) is 275 cm³/mol. The lowest BCUT2D eigenvalue weighted by molar-refractivity contribution is 0.668. The number of aromatic nitrogens is 3. The van der Waals surface area contributed by atoms with Crippen LogP contribution in [0.4, 0.5) is 0 Å². The quantitative estimate of drug-likeness (QED) is 0.123. The Labute approximate surface area is 380 Å². The van der Waals surface area contributed by atoms with E-state index in [1.54, 1.807) is 0 Å². The molecule has 5 nitrogen and oxygen atoms in total. The summed E-state index contributed by atoms with van der Waals surface area (Å²) in [5, 5.41) is 13.8. The van der Waals surface area contributed by atoms with Gasteiger partial charge < -0.3 is 8.83 Å². The molecular weight excluding hydrogens is 851 g/mol. The SMILES string of the molecule is c1ccc([Si](c2ccccc2)(c2cccc3c2oc2ccc(-c4nccc5c4oc4ccccc45)cc23)c2nccc3c2sc2ccc(-c4nccc5c4sc4ccccc45)cc23)cc1. The Morgan fingerprint density at radius 3 is 1.77 bits per heavy atom. The molecule has 7 aromatic heterocycles. The van der Waals surface area contributed by atoms with E-state index in [-0.39, 0.29) is 0 Å². The van der Waals surface area contributed by atoms with E-state index in [0.29, 0.717) is 0 Å². The Kier molecular flexibility index (Phi) is 7.98. The summed E-state index contributed by atoms with van der Waals surface area (Å²) in [5.74, 6) is 0. The molecule has 0 aliphatic carbocycles. The summed E-state index contributed by atoms with van der Waals surface area (Å²) in [7, 11) is -3.25. The van der Waals surface area contributed by atoms with Crippen molar-refractivity contribution in [3.63, 3.8) is 0 Å². The summed E-state index contributed by atoms with van der Waals surface area (Å²) in [6.45, 7) is 0. The lowest BCUT2D eigenvalue weighted by Crippen LogP contribution is -2.75. The number of rotatable bonds is 6. The Balaban J connectivity index is 1.02. The molecule has 0 radical (unpaired) electrons. The number of hydrogen-bond donors (Lipinski definition) is 0. The van der Waals surface area contributed by atoms with Gasteiger partial charge in [0.05, 0.1) is 20.4 Å². The third-order valence-corrected chi connectivity index (χ3v) is 20.4. The Bertz CT molecular complexity index is 3940. The minimum absolute atomic E-state index is 0.782. The van der Waals surface area contributed by atoms with Gasteiger partial charge in [-0.25, -0.2) is 0 Å². The number of furan rings is 2. The second-order valence-electron chi connectivity index (χ2n) is 16.6. The molecule has 0 atom stereocenters. The van der Waals surface area contributed by atoms with Gasteiger partial charge in [-0.2, -0.15) is 0 Å². The normalized spacial score (nSPS) is 12.3. The Morgan fingerprint density at radius 2 is 0.938 bits per heavy atom. The third-order valence-electron chi connectivity index (χ3n) is 13.2. The van der Waals surface area contributed by atoms with Crippen LogP contribution in [0.3, 0.4) is 0 Å². The van der Waals surface area contributed by atoms with Crippen LogP contribution < -0.4 is 20.9 Å². The van der Waals surface area contributed by atoms with Gasteiger partial charge in [0.15, 0.2) is 5.58 Å². The molecule has 0 spiro atoms. The van der Waals surface area contributed by atoms with Crippen LogP contribution in [0.1, 0.15) is 0 Å². The maximum atomic E-state index is 7.13. The molecule has 8 heteroatoms. The summed E-state index contributed by atoms with van der Waals surface area (Å²) >= 11 is 3.65. The van der Waals surface area contributed by atoms with E-state index in [1.165, 1.54) is 50.7 Å². The van der Waals surface area contributed by atoms with Gasteiger partial charge in [-0.3, -0.25) is 15.0 Å². The van der Waals surface area contributed by atoms with Crippen LogP contribution in [0.5, 0.6) is 0 Å². The number of hydrogen-bond acceptors (Lipinski definition) is 7. The second kappa shape index (κ2) is 14.1. The number of thiophene rings is 2. The zero-order valence-corrected chi connectivity index (χ0v) is 37.2. The largest absolute Gasteiger partial charge is 0.456 e. The second-order valence-corrected chi connectivity index (χ2v) is 22.4. The minimum Gasteiger partial charge on any atom is -0.456 e. The average molecular weight is 884 g/mol. The maximum Gasteiger partial charge on any atom is 0.207 e. The van der Waals surface area contributed by atoms with E-state index in [9.17, 15) is 0 Å². The first-order valence-electron chi connectivity index (χ1n) is 21.6. The molecule has 0 saturated heterocycles. The number of para-hydroxylation sites is 2. The van der Waals surface area contributed by atoms with Gasteiger partial charge in [0.25, 0.3) is 0 Å². The van der Waals surface area contributed by atoms with Crippen molar-refractivity contribution in [3.8, 4) is 22.5 Å². The molecule has 0 amide bonds. The number of benzene rings is 7. The van der Waals surface area contributed by atoms with Crippen LogP contribution >= 0.6 is 22.7 Å². The van der Waals surface area contributed by atoms with Gasteiger partial charge in [-0.1, -0.05) is 121 Å². The Morgan fingerprint density at radius 1 is 0.369 bits per heavy atom. The summed E-state index contributed by atoms with van der Waals surface area (Å²) in [6, 6.07) is 65.2. The first-order valence-corrected chi connectivity index (χ1v) is 25.3. The molecule has 0 saturated carbocycles. The van der Waals surface area contributed by atoms with Crippen molar-refractivity contribution in [2.24, 2.45) is 0 Å². The lowest BCUT2D eigenvalue weighted by Gasteiger charge is -2.33. The van der Waals surface area contributed by atoms with E-state index in [4.69, 9.17) is 23.8 Å². The topological polar surface area (TPSA) is 65.0 Å². The molecule has 0 fully saturated rings. The fourth-order valence-electron chi connectivity index (χ4n) is 10.3. The molecule has 14 aromatic rings. The molecule has 0 bridgehead atoms. The van der Waals surface area contributed by atoms with Crippen molar-refractivity contribution in [1.29, 1.82) is 0 Å². The molecule has 304 valence electrons. The average Bonchev–Trinajstić information content (AvgIpc) is 4.15. The van der Waals surface area contributed by atoms with Crippen molar-refractivity contribution < 1.29 is 8.83 Å². The van der Waals surface area contributed by atoms with Crippen molar-refractivity contribution in [2.45, 2.75) is 0 Å². The zero-order chi connectivity index (χ0) is 42.6. The predicted octanol–water partition coefficient (Wildman–Crippen LogP) is 13.1. The van der Waals surface area contributed by atoms with E-state index in [0.717, 1.165) is 76.9 Å². The molecule has 0 aliphatic heterocycles. The molecule has 0 unspecified atom stereocenters. The van der Waals surface area contributed by atoms with Crippen LogP contribution in [0.15, 0.2) is 209 Å². The molecule has 65 heavy (non-hydrogen) atoms. The molecule has 0 N–H and O–H groups in total. The van der Waals surface area contributed by atoms with Gasteiger partial charge >= 0.3 is 0 Å². The fraction of sp³-hybridized carbons (Fsp3) is 0. The highest BCUT2D eigenvalue weighted by Gasteiger charge is 2.46. The molecule has 0 aliphatic rings. The van der Waals surface area contributed by atoms with E-state index in [2.05, 4.69) is 158 Å². The van der Waals surface area contributed by atoms with Crippen molar-refractivity contribution >= 4 is 136 Å². The minimum atomic E-state index is -3.25. The number of fused-ring (bicyclic) bond motifs is 12. The van der Waals surface area contributed by atoms with Gasteiger partial charge in [-0.05, 0) is 76.2 Å². The number of pyridine rings is 3. The fourth-order valence-corrected chi connectivity index (χ4v) is 18.0. The van der Waals surface area contributed by atoms with Crippen LogP contribution in [0.2, 0.25) is 0 Å². The number of nitrogens with zero attached hydrogens (tertiary/aromatic N) is 3. The van der Waals surface area contributed by atoms with Crippen LogP contribution in [0, 0.1) is 0 Å². The van der Waals surface area contributed by atoms with E-state index in [1.807, 2.05) is 65.5 Å². The van der Waals surface area contributed by atoms with Crippen molar-refractivity contribution in [2.75, 3.05) is 0 Å². The summed E-state index contributed by atoms with van der Waals surface area (Å²) in [5.41, 5.74) is 7.23. The summed E-state index contributed by atoms with van der Waals surface area (Å²) in [4.78, 5) is 15.4. The molecule has 7 aromatic carbocycles. The highest BCUT2D eigenvalue weighted by molar-refractivity contribution is 7.30. The van der Waals surface area contributed by atoms with Crippen LogP contribution in [-0.4, -0.2) is 23.0 Å². The van der Waals surface area contributed by atoms with Crippen LogP contribution in [-0.2, 0) is 0 Å². The van der Waals surface area contributed by atoms with Crippen LogP contribution in [0.25, 0.3) is 107 Å². The highest BCUT2D eigenvalue weighted by atomic mass is 32.1. The first-order chi connectivity index (χ1) is 32.2. The van der Waals surface area contributed by atoms with E-state index < -0.39 is 8.07 Å². The molecule has 14 rings (SSSR count).